The van der Waals surface area contributed by atoms with Crippen molar-refractivity contribution in [3.05, 3.63) is 98.8 Å². The highest BCUT2D eigenvalue weighted by molar-refractivity contribution is 7.61. The molecule has 0 aliphatic carbocycles. The van der Waals surface area contributed by atoms with E-state index in [4.69, 9.17) is 28.4 Å². The van der Waals surface area contributed by atoms with E-state index in [-0.39, 0.29) is 5.56 Å². The summed E-state index contributed by atoms with van der Waals surface area (Å²) in [7, 11) is -10.6. The van der Waals surface area contributed by atoms with Gasteiger partial charge in [0.1, 0.15) is 24.1 Å². The molecule has 43 heavy (non-hydrogen) atoms. The van der Waals surface area contributed by atoms with E-state index in [1.54, 1.807) is 0 Å². The van der Waals surface area contributed by atoms with E-state index in [1.807, 2.05) is 30.3 Å². The zero-order valence-corrected chi connectivity index (χ0v) is 23.8. The Kier molecular flexibility index (Phi) is 9.13. The summed E-state index contributed by atoms with van der Waals surface area (Å²) in [6, 6.07) is 15.1. The fourth-order valence-corrected chi connectivity index (χ4v) is 6.69. The molecule has 2 aliphatic rings. The van der Waals surface area contributed by atoms with Crippen molar-refractivity contribution in [2.24, 2.45) is 0 Å². The lowest BCUT2D eigenvalue weighted by atomic mass is 10.1. The average molecular weight is 640 g/mol. The molecule has 0 saturated carbocycles. The third kappa shape index (κ3) is 7.75. The zero-order chi connectivity index (χ0) is 30.8. The lowest BCUT2D eigenvalue weighted by Gasteiger charge is -2.22. The molecular formula is C25H26N2O14P2. The SMILES string of the molecule is O=C(O)c1cccc(OP(=O)(O)OP(=O)(O)OC[C@H]2O[C@@H](n3ccc(=O)[nH]c3=O)C3OC(CCc4ccccc4)O[C@H]32)c1. The van der Waals surface area contributed by atoms with Crippen LogP contribution in [0.5, 0.6) is 5.75 Å². The maximum Gasteiger partial charge on any atom is 0.536 e. The second kappa shape index (κ2) is 12.7. The average Bonchev–Trinajstić information content (AvgIpc) is 3.50. The molecule has 0 amide bonds. The van der Waals surface area contributed by atoms with Gasteiger partial charge in [-0.1, -0.05) is 36.4 Å². The van der Waals surface area contributed by atoms with Crippen LogP contribution < -0.4 is 15.8 Å². The van der Waals surface area contributed by atoms with Gasteiger partial charge in [0.15, 0.2) is 12.5 Å². The van der Waals surface area contributed by atoms with Gasteiger partial charge in [-0.15, -0.1) is 0 Å². The molecule has 230 valence electrons. The topological polar surface area (TPSA) is 222 Å². The lowest BCUT2D eigenvalue weighted by Crippen LogP contribution is -2.36. The highest BCUT2D eigenvalue weighted by Gasteiger charge is 2.54. The van der Waals surface area contributed by atoms with E-state index in [0.29, 0.717) is 12.8 Å². The number of nitrogens with one attached hydrogen (secondary N) is 1. The van der Waals surface area contributed by atoms with Gasteiger partial charge < -0.3 is 28.7 Å². The van der Waals surface area contributed by atoms with Gasteiger partial charge in [-0.2, -0.15) is 4.31 Å². The zero-order valence-electron chi connectivity index (χ0n) is 22.0. The molecule has 0 radical (unpaired) electrons. The number of nitrogens with zero attached hydrogens (tertiary/aromatic N) is 1. The summed E-state index contributed by atoms with van der Waals surface area (Å²) >= 11 is 0. The number of phosphoric acid groups is 2. The molecule has 2 fully saturated rings. The number of carbonyl (C=O) groups is 1. The Morgan fingerprint density at radius 1 is 0.953 bits per heavy atom. The predicted molar refractivity (Wildman–Crippen MR) is 144 cm³/mol. The van der Waals surface area contributed by atoms with Gasteiger partial charge in [0.2, 0.25) is 0 Å². The van der Waals surface area contributed by atoms with Crippen molar-refractivity contribution in [2.75, 3.05) is 6.61 Å². The molecule has 3 aromatic rings. The molecule has 4 unspecified atom stereocenters. The minimum Gasteiger partial charge on any atom is -0.478 e. The number of ether oxygens (including phenoxy) is 3. The Bertz CT molecular complexity index is 1680. The van der Waals surface area contributed by atoms with Gasteiger partial charge in [0.05, 0.1) is 12.2 Å². The second-order valence-electron chi connectivity index (χ2n) is 9.48. The molecule has 0 spiro atoms. The fourth-order valence-electron chi connectivity index (χ4n) is 4.61. The highest BCUT2D eigenvalue weighted by atomic mass is 31.3. The number of hydrogen-bond donors (Lipinski definition) is 4. The first kappa shape index (κ1) is 31.0. The molecular weight excluding hydrogens is 614 g/mol. The molecule has 5 rings (SSSR count). The number of aryl methyl sites for hydroxylation is 1. The van der Waals surface area contributed by atoms with Gasteiger partial charge >= 0.3 is 27.3 Å². The standard InChI is InChI=1S/C25H26N2O14P2/c28-19-11-12-27(25(31)26-19)23-22-21(38-20(39-22)10-9-15-5-2-1-3-6-15)18(37-23)14-36-42(32,33)41-43(34,35)40-17-8-4-7-16(13-17)24(29)30/h1-8,11-13,18,20-23H,9-10,14H2,(H,29,30)(H,32,33)(H,34,35)(H,26,28,31)/t18-,20?,21+,22?,23-/m1/s1. The Labute approximate surface area is 242 Å². The predicted octanol–water partition coefficient (Wildman–Crippen LogP) is 2.19. The molecule has 3 heterocycles. The van der Waals surface area contributed by atoms with E-state index in [0.717, 1.165) is 28.3 Å². The van der Waals surface area contributed by atoms with E-state index in [9.17, 15) is 33.3 Å². The quantitative estimate of drug-likeness (QED) is 0.209. The number of aromatic amines is 1. The Balaban J connectivity index is 1.27. The van der Waals surface area contributed by atoms with Crippen LogP contribution in [-0.4, -0.2) is 61.6 Å². The van der Waals surface area contributed by atoms with Crippen LogP contribution in [0.15, 0.2) is 76.4 Å². The number of aromatic nitrogens is 2. The first-order valence-electron chi connectivity index (χ1n) is 12.8. The highest BCUT2D eigenvalue weighted by Crippen LogP contribution is 2.60. The van der Waals surface area contributed by atoms with Crippen LogP contribution in [0, 0.1) is 0 Å². The van der Waals surface area contributed by atoms with Crippen LogP contribution in [0.2, 0.25) is 0 Å². The van der Waals surface area contributed by atoms with Crippen molar-refractivity contribution in [1.82, 2.24) is 9.55 Å². The summed E-state index contributed by atoms with van der Waals surface area (Å²) in [5, 5.41) is 9.06. The third-order valence-corrected chi connectivity index (χ3v) is 9.02. The molecule has 1 aromatic heterocycles. The minimum absolute atomic E-state index is 0.272. The monoisotopic (exact) mass is 640 g/mol. The molecule has 2 saturated heterocycles. The molecule has 7 atom stereocenters. The smallest absolute Gasteiger partial charge is 0.478 e. The normalized spacial score (nSPS) is 25.9. The number of phosphoric ester groups is 2. The van der Waals surface area contributed by atoms with Crippen LogP contribution in [0.1, 0.15) is 28.6 Å². The van der Waals surface area contributed by atoms with E-state index < -0.39 is 76.0 Å². The van der Waals surface area contributed by atoms with Gasteiger partial charge in [-0.3, -0.25) is 23.8 Å². The number of carboxylic acid groups (broad SMARTS) is 1. The van der Waals surface area contributed by atoms with E-state index >= 15 is 0 Å². The maximum absolute atomic E-state index is 12.6. The van der Waals surface area contributed by atoms with Crippen molar-refractivity contribution >= 4 is 21.6 Å². The minimum atomic E-state index is -5.30. The fraction of sp³-hybridized carbons (Fsp3) is 0.320. The van der Waals surface area contributed by atoms with Gasteiger partial charge in [-0.25, -0.2) is 18.7 Å². The molecule has 18 heteroatoms. The molecule has 16 nitrogen and oxygen atoms in total. The summed E-state index contributed by atoms with van der Waals surface area (Å²) < 4.78 is 58.0. The summed E-state index contributed by atoms with van der Waals surface area (Å²) in [5.74, 6) is -1.76. The number of hydrogen-bond acceptors (Lipinski definition) is 11. The first-order valence-corrected chi connectivity index (χ1v) is 15.7. The van der Waals surface area contributed by atoms with Crippen LogP contribution in [0.4, 0.5) is 0 Å². The van der Waals surface area contributed by atoms with Crippen molar-refractivity contribution in [2.45, 2.75) is 43.7 Å². The van der Waals surface area contributed by atoms with Crippen LogP contribution >= 0.6 is 15.6 Å². The summed E-state index contributed by atoms with van der Waals surface area (Å²) in [4.78, 5) is 57.5. The van der Waals surface area contributed by atoms with E-state index in [2.05, 4.69) is 9.29 Å². The van der Waals surface area contributed by atoms with Crippen molar-refractivity contribution in [3.63, 3.8) is 0 Å². The number of aromatic carboxylic acids is 1. The first-order chi connectivity index (χ1) is 20.4. The molecule has 4 N–H and O–H groups in total. The number of H-pyrrole nitrogens is 1. The van der Waals surface area contributed by atoms with Crippen molar-refractivity contribution in [3.8, 4) is 5.75 Å². The Hall–Kier alpha value is -3.43. The Morgan fingerprint density at radius 2 is 1.70 bits per heavy atom. The number of benzene rings is 2. The number of fused-ring (bicyclic) bond motifs is 1. The van der Waals surface area contributed by atoms with Crippen LogP contribution in [-0.2, 0) is 38.6 Å². The molecule has 2 aromatic carbocycles. The van der Waals surface area contributed by atoms with E-state index in [1.165, 1.54) is 18.3 Å². The number of carboxylic acids is 1. The third-order valence-electron chi connectivity index (χ3n) is 6.45. The van der Waals surface area contributed by atoms with Gasteiger partial charge in [0.25, 0.3) is 5.56 Å². The van der Waals surface area contributed by atoms with Crippen LogP contribution in [0.25, 0.3) is 0 Å². The summed E-state index contributed by atoms with van der Waals surface area (Å²) in [6.45, 7) is -0.715. The van der Waals surface area contributed by atoms with Crippen LogP contribution in [0.3, 0.4) is 0 Å². The second-order valence-corrected chi connectivity index (χ2v) is 12.4. The maximum atomic E-state index is 12.6. The Morgan fingerprint density at radius 3 is 2.42 bits per heavy atom. The largest absolute Gasteiger partial charge is 0.536 e. The van der Waals surface area contributed by atoms with Gasteiger partial charge in [0, 0.05) is 18.7 Å². The molecule has 2 aliphatic heterocycles. The van der Waals surface area contributed by atoms with Crippen molar-refractivity contribution in [1.29, 1.82) is 0 Å². The summed E-state index contributed by atoms with van der Waals surface area (Å²) in [5.41, 5.74) is -0.676. The van der Waals surface area contributed by atoms with Crippen molar-refractivity contribution < 1.29 is 56.4 Å². The van der Waals surface area contributed by atoms with Gasteiger partial charge in [-0.05, 0) is 30.2 Å². The lowest BCUT2D eigenvalue weighted by molar-refractivity contribution is -0.153. The summed E-state index contributed by atoms with van der Waals surface area (Å²) in [6.07, 6.45) is -2.60. The molecule has 0 bridgehead atoms. The number of rotatable bonds is 12.